The van der Waals surface area contributed by atoms with E-state index in [1.165, 1.54) is 0 Å². The Morgan fingerprint density at radius 2 is 1.78 bits per heavy atom. The molecule has 0 aliphatic carbocycles. The van der Waals surface area contributed by atoms with Crippen molar-refractivity contribution in [3.8, 4) is 22.5 Å². The summed E-state index contributed by atoms with van der Waals surface area (Å²) in [6, 6.07) is 17.4. The zero-order valence-corrected chi connectivity index (χ0v) is 19.3. The maximum absolute atomic E-state index is 12.0. The van der Waals surface area contributed by atoms with Crippen molar-refractivity contribution in [1.29, 1.82) is 0 Å². The van der Waals surface area contributed by atoms with E-state index in [-0.39, 0.29) is 17.4 Å². The molecule has 0 fully saturated rings. The van der Waals surface area contributed by atoms with Crippen LogP contribution < -0.4 is 16.8 Å². The van der Waals surface area contributed by atoms with Crippen LogP contribution in [0.15, 0.2) is 63.6 Å². The molecule has 0 aliphatic heterocycles. The van der Waals surface area contributed by atoms with Gasteiger partial charge in [-0.1, -0.05) is 57.5 Å². The molecule has 0 bridgehead atoms. The number of hydrogen-bond donors (Lipinski definition) is 3. The Balaban J connectivity index is 1.48. The van der Waals surface area contributed by atoms with E-state index in [1.807, 2.05) is 68.4 Å². The highest BCUT2D eigenvalue weighted by Gasteiger charge is 2.22. The molecule has 4 rings (SSSR count). The van der Waals surface area contributed by atoms with Crippen molar-refractivity contribution in [2.45, 2.75) is 26.4 Å². The van der Waals surface area contributed by atoms with Gasteiger partial charge in [0, 0.05) is 34.3 Å². The van der Waals surface area contributed by atoms with Crippen LogP contribution in [0.1, 0.15) is 35.8 Å². The maximum Gasteiger partial charge on any atom is 0.254 e. The van der Waals surface area contributed by atoms with Gasteiger partial charge >= 0.3 is 0 Å². The number of primary amides is 1. The van der Waals surface area contributed by atoms with Crippen molar-refractivity contribution >= 4 is 33.5 Å². The summed E-state index contributed by atoms with van der Waals surface area (Å²) < 4.78 is 8.01. The monoisotopic (exact) mass is 494 g/mol. The smallest absolute Gasteiger partial charge is 0.254 e. The molecule has 9 heteroatoms. The van der Waals surface area contributed by atoms with Gasteiger partial charge in [-0.25, -0.2) is 4.68 Å². The Kier molecular flexibility index (Phi) is 6.00. The number of anilines is 2. The number of carbonyl (C=O) groups excluding carboxylic acids is 1. The van der Waals surface area contributed by atoms with Gasteiger partial charge in [-0.05, 0) is 31.5 Å². The van der Waals surface area contributed by atoms with Gasteiger partial charge in [0.15, 0.2) is 0 Å². The van der Waals surface area contributed by atoms with E-state index in [1.54, 1.807) is 4.68 Å². The zero-order valence-electron chi connectivity index (χ0n) is 17.7. The SMILES string of the molecule is CC(C)n1nc(-c2ccc(CNc3cc(-c4ccc(Br)cc4)no3)cc2)c(C(N)=O)c1N. The van der Waals surface area contributed by atoms with Crippen LogP contribution in [0.5, 0.6) is 0 Å². The first-order valence-electron chi connectivity index (χ1n) is 10.1. The third-order valence-corrected chi connectivity index (χ3v) is 5.56. The van der Waals surface area contributed by atoms with E-state index < -0.39 is 5.91 Å². The lowest BCUT2D eigenvalue weighted by Gasteiger charge is -2.07. The van der Waals surface area contributed by atoms with Crippen LogP contribution in [0.3, 0.4) is 0 Å². The molecule has 2 aromatic heterocycles. The molecule has 0 aliphatic rings. The highest BCUT2D eigenvalue weighted by atomic mass is 79.9. The zero-order chi connectivity index (χ0) is 22.8. The number of aromatic nitrogens is 3. The lowest BCUT2D eigenvalue weighted by Crippen LogP contribution is -2.15. The molecule has 0 saturated carbocycles. The van der Waals surface area contributed by atoms with E-state index in [9.17, 15) is 4.79 Å². The van der Waals surface area contributed by atoms with Gasteiger partial charge in [0.05, 0.1) is 0 Å². The van der Waals surface area contributed by atoms with Crippen LogP contribution in [-0.2, 0) is 6.54 Å². The molecular formula is C23H23BrN6O2. The lowest BCUT2D eigenvalue weighted by atomic mass is 10.0. The minimum absolute atomic E-state index is 0.00882. The van der Waals surface area contributed by atoms with Crippen LogP contribution in [0.4, 0.5) is 11.7 Å². The van der Waals surface area contributed by atoms with E-state index in [2.05, 4.69) is 31.5 Å². The molecule has 2 heterocycles. The molecule has 0 saturated heterocycles. The second-order valence-electron chi connectivity index (χ2n) is 7.65. The molecule has 164 valence electrons. The highest BCUT2D eigenvalue weighted by molar-refractivity contribution is 9.10. The minimum Gasteiger partial charge on any atom is -0.383 e. The van der Waals surface area contributed by atoms with Crippen LogP contribution in [-0.4, -0.2) is 20.8 Å². The first-order chi connectivity index (χ1) is 15.3. The first-order valence-corrected chi connectivity index (χ1v) is 10.9. The number of nitrogens with zero attached hydrogens (tertiary/aromatic N) is 3. The molecule has 0 radical (unpaired) electrons. The van der Waals surface area contributed by atoms with Crippen LogP contribution in [0, 0.1) is 0 Å². The number of nitrogens with two attached hydrogens (primary N) is 2. The summed E-state index contributed by atoms with van der Waals surface area (Å²) in [5.41, 5.74) is 15.9. The van der Waals surface area contributed by atoms with Crippen LogP contribution in [0.2, 0.25) is 0 Å². The van der Waals surface area contributed by atoms with Gasteiger partial charge in [-0.2, -0.15) is 5.10 Å². The number of amides is 1. The average molecular weight is 495 g/mol. The number of halogens is 1. The summed E-state index contributed by atoms with van der Waals surface area (Å²) >= 11 is 3.43. The summed E-state index contributed by atoms with van der Waals surface area (Å²) in [5, 5.41) is 11.9. The fourth-order valence-electron chi connectivity index (χ4n) is 3.37. The average Bonchev–Trinajstić information content (AvgIpc) is 3.38. The molecule has 1 amide bonds. The standard InChI is InChI=1S/C23H23BrN6O2/c1-13(2)30-22(25)20(23(26)31)21(28-30)16-5-3-14(4-6-16)12-27-19-11-18(29-32-19)15-7-9-17(24)10-8-15/h3-11,13,27H,12,25H2,1-2H3,(H2,26,31). The van der Waals surface area contributed by atoms with Crippen molar-refractivity contribution in [3.05, 3.63) is 70.2 Å². The Morgan fingerprint density at radius 3 is 2.41 bits per heavy atom. The van der Waals surface area contributed by atoms with E-state index in [0.29, 0.717) is 18.1 Å². The number of hydrogen-bond acceptors (Lipinski definition) is 6. The second-order valence-corrected chi connectivity index (χ2v) is 8.56. The second kappa shape index (κ2) is 8.88. The Hall–Kier alpha value is -3.59. The van der Waals surface area contributed by atoms with E-state index in [0.717, 1.165) is 26.9 Å². The van der Waals surface area contributed by atoms with Crippen LogP contribution >= 0.6 is 15.9 Å². The Morgan fingerprint density at radius 1 is 1.12 bits per heavy atom. The third kappa shape index (κ3) is 4.38. The first kappa shape index (κ1) is 21.6. The fourth-order valence-corrected chi connectivity index (χ4v) is 3.64. The molecule has 0 spiro atoms. The Bertz CT molecular complexity index is 1240. The minimum atomic E-state index is -0.595. The molecule has 0 atom stereocenters. The van der Waals surface area contributed by atoms with Gasteiger partial charge in [0.1, 0.15) is 22.8 Å². The van der Waals surface area contributed by atoms with E-state index in [4.69, 9.17) is 16.0 Å². The number of benzene rings is 2. The van der Waals surface area contributed by atoms with Crippen molar-refractivity contribution in [2.24, 2.45) is 5.73 Å². The van der Waals surface area contributed by atoms with Gasteiger partial charge in [-0.15, -0.1) is 0 Å². The highest BCUT2D eigenvalue weighted by Crippen LogP contribution is 2.29. The number of nitrogens with one attached hydrogen (secondary N) is 1. The number of nitrogen functional groups attached to an aromatic ring is 1. The van der Waals surface area contributed by atoms with Crippen LogP contribution in [0.25, 0.3) is 22.5 Å². The quantitative estimate of drug-likeness (QED) is 0.337. The topological polar surface area (TPSA) is 125 Å². The fraction of sp³-hybridized carbons (Fsp3) is 0.174. The summed E-state index contributed by atoms with van der Waals surface area (Å²) in [5.74, 6) is 0.258. The van der Waals surface area contributed by atoms with Crippen molar-refractivity contribution < 1.29 is 9.32 Å². The third-order valence-electron chi connectivity index (χ3n) is 5.03. The van der Waals surface area contributed by atoms with Gasteiger partial charge in [0.25, 0.3) is 5.91 Å². The van der Waals surface area contributed by atoms with Crippen molar-refractivity contribution in [2.75, 3.05) is 11.1 Å². The molecule has 2 aromatic carbocycles. The van der Waals surface area contributed by atoms with E-state index >= 15 is 0 Å². The predicted octanol–water partition coefficient (Wildman–Crippen LogP) is 4.84. The molecule has 5 N–H and O–H groups in total. The molecule has 4 aromatic rings. The van der Waals surface area contributed by atoms with Gasteiger partial charge in [-0.3, -0.25) is 4.79 Å². The summed E-state index contributed by atoms with van der Waals surface area (Å²) in [7, 11) is 0. The lowest BCUT2D eigenvalue weighted by molar-refractivity contribution is 0.100. The molecule has 32 heavy (non-hydrogen) atoms. The molecule has 0 unspecified atom stereocenters. The summed E-state index contributed by atoms with van der Waals surface area (Å²) in [6.45, 7) is 4.43. The largest absolute Gasteiger partial charge is 0.383 e. The normalized spacial score (nSPS) is 11.1. The molecular weight excluding hydrogens is 472 g/mol. The molecule has 8 nitrogen and oxygen atoms in total. The maximum atomic E-state index is 12.0. The number of carbonyl (C=O) groups is 1. The number of rotatable bonds is 7. The van der Waals surface area contributed by atoms with Gasteiger partial charge < -0.3 is 21.3 Å². The van der Waals surface area contributed by atoms with Crippen molar-refractivity contribution in [3.63, 3.8) is 0 Å². The Labute approximate surface area is 193 Å². The van der Waals surface area contributed by atoms with Gasteiger partial charge in [0.2, 0.25) is 5.88 Å². The summed E-state index contributed by atoms with van der Waals surface area (Å²) in [6.07, 6.45) is 0. The van der Waals surface area contributed by atoms with Crippen molar-refractivity contribution in [1.82, 2.24) is 14.9 Å². The predicted molar refractivity (Wildman–Crippen MR) is 128 cm³/mol. The summed E-state index contributed by atoms with van der Waals surface area (Å²) in [4.78, 5) is 12.0.